The molecule has 0 radical (unpaired) electrons. The van der Waals surface area contributed by atoms with Crippen LogP contribution in [0.2, 0.25) is 0 Å². The Bertz CT molecular complexity index is 548. The minimum atomic E-state index is -0.722. The maximum Gasteiger partial charge on any atom is 0.334 e. The number of hydrogen-bond acceptors (Lipinski definition) is 4. The lowest BCUT2D eigenvalue weighted by Gasteiger charge is -2.21. The second kappa shape index (κ2) is 10.1. The Balaban J connectivity index is 1.80. The summed E-state index contributed by atoms with van der Waals surface area (Å²) in [4.78, 5) is 23.9. The third-order valence-corrected chi connectivity index (χ3v) is 5.79. The van der Waals surface area contributed by atoms with Crippen molar-refractivity contribution in [3.8, 4) is 0 Å². The fourth-order valence-corrected chi connectivity index (χ4v) is 4.13. The molecule has 2 rings (SSSR count). The number of carbonyl (C=O) groups excluding carboxylic acids is 2. The molecule has 1 fully saturated rings. The summed E-state index contributed by atoms with van der Waals surface area (Å²) in [7, 11) is 0. The molecule has 0 bridgehead atoms. The van der Waals surface area contributed by atoms with E-state index in [1.54, 1.807) is 0 Å². The van der Waals surface area contributed by atoms with Gasteiger partial charge in [-0.25, -0.2) is 4.79 Å². The minimum Gasteiger partial charge on any atom is -0.458 e. The predicted octanol–water partition coefficient (Wildman–Crippen LogP) is 4.51. The number of rotatable bonds is 10. The molecule has 4 nitrogen and oxygen atoms in total. The van der Waals surface area contributed by atoms with Gasteiger partial charge < -0.3 is 9.84 Å². The van der Waals surface area contributed by atoms with Crippen LogP contribution in [0, 0.1) is 11.8 Å². The van der Waals surface area contributed by atoms with Crippen molar-refractivity contribution >= 4 is 11.8 Å². The van der Waals surface area contributed by atoms with Crippen molar-refractivity contribution in [2.75, 3.05) is 0 Å². The summed E-state index contributed by atoms with van der Waals surface area (Å²) in [6, 6.07) is 0. The molecule has 26 heavy (non-hydrogen) atoms. The van der Waals surface area contributed by atoms with Gasteiger partial charge in [-0.15, -0.1) is 0 Å². The molecular weight excluding hydrogens is 328 g/mol. The Labute approximate surface area is 157 Å². The monoisotopic (exact) mass is 362 g/mol. The summed E-state index contributed by atoms with van der Waals surface area (Å²) in [5.41, 5.74) is 1.45. The Morgan fingerprint density at radius 2 is 2.00 bits per heavy atom. The van der Waals surface area contributed by atoms with Gasteiger partial charge in [-0.05, 0) is 30.8 Å². The molecule has 4 atom stereocenters. The van der Waals surface area contributed by atoms with Gasteiger partial charge >= 0.3 is 5.97 Å². The van der Waals surface area contributed by atoms with Crippen molar-refractivity contribution < 1.29 is 19.4 Å². The molecule has 1 aliphatic carbocycles. The van der Waals surface area contributed by atoms with Gasteiger partial charge in [0.05, 0.1) is 6.10 Å². The van der Waals surface area contributed by atoms with E-state index < -0.39 is 6.10 Å². The molecule has 0 aromatic rings. The number of hydrogen-bond donors (Lipinski definition) is 1. The van der Waals surface area contributed by atoms with E-state index in [2.05, 4.69) is 13.5 Å². The van der Waals surface area contributed by atoms with E-state index in [1.807, 2.05) is 13.0 Å². The van der Waals surface area contributed by atoms with Gasteiger partial charge in [0.2, 0.25) is 0 Å². The van der Waals surface area contributed by atoms with Crippen LogP contribution < -0.4 is 0 Å². The number of aliphatic hydroxyl groups excluding tert-OH is 1. The first-order valence-electron chi connectivity index (χ1n) is 10.2. The van der Waals surface area contributed by atoms with Crippen molar-refractivity contribution in [3.05, 3.63) is 23.8 Å². The Morgan fingerprint density at radius 3 is 2.73 bits per heavy atom. The van der Waals surface area contributed by atoms with E-state index in [4.69, 9.17) is 4.74 Å². The van der Waals surface area contributed by atoms with Crippen LogP contribution in [0.4, 0.5) is 0 Å². The summed E-state index contributed by atoms with van der Waals surface area (Å²) >= 11 is 0. The number of allylic oxidation sites excluding steroid dienone is 1. The van der Waals surface area contributed by atoms with Crippen molar-refractivity contribution in [3.63, 3.8) is 0 Å². The van der Waals surface area contributed by atoms with Crippen LogP contribution in [-0.4, -0.2) is 29.1 Å². The number of esters is 1. The van der Waals surface area contributed by atoms with Crippen molar-refractivity contribution in [1.82, 2.24) is 0 Å². The van der Waals surface area contributed by atoms with Crippen molar-refractivity contribution in [1.29, 1.82) is 0 Å². The molecule has 0 aromatic carbocycles. The number of ether oxygens (including phenoxy) is 1. The van der Waals surface area contributed by atoms with Gasteiger partial charge in [-0.1, -0.05) is 58.6 Å². The van der Waals surface area contributed by atoms with Crippen molar-refractivity contribution in [2.45, 2.75) is 90.3 Å². The minimum absolute atomic E-state index is 0.00784. The number of unbranched alkanes of at least 4 members (excludes halogenated alkanes) is 5. The summed E-state index contributed by atoms with van der Waals surface area (Å²) in [6.45, 7) is 8.07. The van der Waals surface area contributed by atoms with Crippen LogP contribution in [-0.2, 0) is 14.3 Å². The molecule has 0 saturated carbocycles. The second-order valence-electron chi connectivity index (χ2n) is 7.93. The Hall–Kier alpha value is -1.42. The average Bonchev–Trinajstić information content (AvgIpc) is 2.76. The average molecular weight is 363 g/mol. The standard InChI is InChI=1S/C22H34O4/c1-4-5-6-7-8-9-10-17(23)14-20(24)18-11-12-19-16(3)22(25)26-21(19)13-15(18)2/h11,15,19-21,24H,3-10,12-14H2,1-2H3. The zero-order chi connectivity index (χ0) is 19.1. The first-order valence-corrected chi connectivity index (χ1v) is 10.2. The third kappa shape index (κ3) is 5.54. The van der Waals surface area contributed by atoms with E-state index in [0.717, 1.165) is 18.4 Å². The predicted molar refractivity (Wildman–Crippen MR) is 103 cm³/mol. The summed E-state index contributed by atoms with van der Waals surface area (Å²) in [5, 5.41) is 10.6. The molecule has 0 amide bonds. The molecule has 1 heterocycles. The van der Waals surface area contributed by atoms with Crippen LogP contribution in [0.3, 0.4) is 0 Å². The van der Waals surface area contributed by atoms with Gasteiger partial charge in [0.25, 0.3) is 0 Å². The third-order valence-electron chi connectivity index (χ3n) is 5.79. The van der Waals surface area contributed by atoms with Gasteiger partial charge in [0.15, 0.2) is 0 Å². The van der Waals surface area contributed by atoms with E-state index >= 15 is 0 Å². The lowest BCUT2D eigenvalue weighted by Crippen LogP contribution is -2.23. The largest absolute Gasteiger partial charge is 0.458 e. The lowest BCUT2D eigenvalue weighted by atomic mass is 9.88. The first kappa shape index (κ1) is 20.9. The smallest absolute Gasteiger partial charge is 0.334 e. The number of fused-ring (bicyclic) bond motifs is 1. The topological polar surface area (TPSA) is 63.6 Å². The van der Waals surface area contributed by atoms with Crippen LogP contribution in [0.1, 0.15) is 78.1 Å². The van der Waals surface area contributed by atoms with Crippen LogP contribution in [0.5, 0.6) is 0 Å². The summed E-state index contributed by atoms with van der Waals surface area (Å²) < 4.78 is 5.41. The maximum absolute atomic E-state index is 12.2. The molecule has 1 N–H and O–H groups in total. The highest BCUT2D eigenvalue weighted by atomic mass is 16.6. The van der Waals surface area contributed by atoms with Gasteiger partial charge in [0.1, 0.15) is 11.9 Å². The number of aliphatic hydroxyl groups is 1. The van der Waals surface area contributed by atoms with Gasteiger partial charge in [-0.2, -0.15) is 0 Å². The molecule has 1 aliphatic heterocycles. The highest BCUT2D eigenvalue weighted by molar-refractivity contribution is 5.90. The van der Waals surface area contributed by atoms with Crippen LogP contribution >= 0.6 is 0 Å². The highest BCUT2D eigenvalue weighted by Gasteiger charge is 2.41. The van der Waals surface area contributed by atoms with Gasteiger partial charge in [-0.3, -0.25) is 4.79 Å². The molecule has 4 unspecified atom stereocenters. The zero-order valence-electron chi connectivity index (χ0n) is 16.3. The fraction of sp³-hybridized carbons (Fsp3) is 0.727. The molecular formula is C22H34O4. The van der Waals surface area contributed by atoms with E-state index in [1.165, 1.54) is 25.7 Å². The molecule has 0 aromatic heterocycles. The fourth-order valence-electron chi connectivity index (χ4n) is 4.13. The Kier molecular flexibility index (Phi) is 8.08. The normalized spacial score (nSPS) is 26.7. The zero-order valence-corrected chi connectivity index (χ0v) is 16.3. The molecule has 2 aliphatic rings. The summed E-state index contributed by atoms with van der Waals surface area (Å²) in [5.74, 6) is -0.0471. The molecule has 4 heteroatoms. The van der Waals surface area contributed by atoms with Crippen LogP contribution in [0.15, 0.2) is 23.8 Å². The van der Waals surface area contributed by atoms with Crippen LogP contribution in [0.25, 0.3) is 0 Å². The maximum atomic E-state index is 12.2. The van der Waals surface area contributed by atoms with Crippen molar-refractivity contribution in [2.24, 2.45) is 11.8 Å². The first-order chi connectivity index (χ1) is 12.4. The summed E-state index contributed by atoms with van der Waals surface area (Å²) in [6.07, 6.45) is 10.2. The Morgan fingerprint density at radius 1 is 1.31 bits per heavy atom. The quantitative estimate of drug-likeness (QED) is 0.269. The van der Waals surface area contributed by atoms with E-state index in [9.17, 15) is 14.7 Å². The number of ketones is 1. The molecule has 0 spiro atoms. The molecule has 146 valence electrons. The number of Topliss-reactive ketones (excluding diaryl/α,β-unsaturated/α-hetero) is 1. The second-order valence-corrected chi connectivity index (χ2v) is 7.93. The van der Waals surface area contributed by atoms with Gasteiger partial charge in [0, 0.05) is 24.3 Å². The SMILES string of the molecule is C=C1C(=O)OC2CC(C)C(C(O)CC(=O)CCCCCCCC)=CCC12. The lowest BCUT2D eigenvalue weighted by molar-refractivity contribution is -0.139. The van der Waals surface area contributed by atoms with E-state index in [0.29, 0.717) is 24.8 Å². The highest BCUT2D eigenvalue weighted by Crippen LogP contribution is 2.39. The van der Waals surface area contributed by atoms with E-state index in [-0.39, 0.29) is 36.1 Å². The molecule has 1 saturated heterocycles. The number of carbonyl (C=O) groups is 2.